The Balaban J connectivity index is 1.54. The summed E-state index contributed by atoms with van der Waals surface area (Å²) in [5, 5.41) is 6.30. The Labute approximate surface area is 235 Å². The van der Waals surface area contributed by atoms with E-state index in [1.165, 1.54) is 5.56 Å². The molecule has 1 N–H and O–H groups in total. The van der Waals surface area contributed by atoms with Crippen LogP contribution in [0.5, 0.6) is 0 Å². The number of carbonyl (C=O) groups is 2. The number of halogens is 1. The molecule has 1 fully saturated rings. The highest BCUT2D eigenvalue weighted by molar-refractivity contribution is 8.26. The minimum absolute atomic E-state index is 0.223. The molecule has 0 radical (unpaired) electrons. The van der Waals surface area contributed by atoms with Gasteiger partial charge in [0.05, 0.1) is 21.2 Å². The number of nitrogens with zero attached hydrogens (tertiary/aromatic N) is 3. The Kier molecular flexibility index (Phi) is 7.21. The first-order chi connectivity index (χ1) is 18.2. The van der Waals surface area contributed by atoms with Gasteiger partial charge in [-0.2, -0.15) is 10.1 Å². The maximum absolute atomic E-state index is 13.3. The van der Waals surface area contributed by atoms with Gasteiger partial charge < -0.3 is 0 Å². The number of amides is 2. The first kappa shape index (κ1) is 25.9. The van der Waals surface area contributed by atoms with Gasteiger partial charge in [0.1, 0.15) is 5.69 Å². The summed E-state index contributed by atoms with van der Waals surface area (Å²) >= 11 is 12.7. The maximum Gasteiger partial charge on any atom is 0.285 e. The van der Waals surface area contributed by atoms with Crippen LogP contribution in [-0.2, 0) is 4.79 Å². The second-order valence-corrected chi connectivity index (χ2v) is 11.0. The van der Waals surface area contributed by atoms with Gasteiger partial charge in [0, 0.05) is 17.3 Å². The van der Waals surface area contributed by atoms with Crippen LogP contribution < -0.4 is 5.43 Å². The van der Waals surface area contributed by atoms with Crippen molar-refractivity contribution in [3.63, 3.8) is 0 Å². The van der Waals surface area contributed by atoms with E-state index in [4.69, 9.17) is 28.9 Å². The van der Waals surface area contributed by atoms with Gasteiger partial charge in [0.15, 0.2) is 4.32 Å². The monoisotopic (exact) mass is 558 g/mol. The third-order valence-corrected chi connectivity index (χ3v) is 7.72. The summed E-state index contributed by atoms with van der Waals surface area (Å²) in [6.07, 6.45) is 3.68. The van der Waals surface area contributed by atoms with E-state index in [9.17, 15) is 9.59 Å². The van der Waals surface area contributed by atoms with Gasteiger partial charge in [0.25, 0.3) is 11.8 Å². The van der Waals surface area contributed by atoms with Crippen LogP contribution in [0.15, 0.2) is 77.8 Å². The van der Waals surface area contributed by atoms with Crippen molar-refractivity contribution in [3.8, 4) is 16.9 Å². The number of para-hydroxylation sites is 1. The van der Waals surface area contributed by atoms with Crippen molar-refractivity contribution in [2.45, 2.75) is 20.8 Å². The number of rotatable bonds is 5. The van der Waals surface area contributed by atoms with Crippen molar-refractivity contribution in [1.29, 1.82) is 0 Å². The van der Waals surface area contributed by atoms with Crippen molar-refractivity contribution in [3.05, 3.63) is 111 Å². The summed E-state index contributed by atoms with van der Waals surface area (Å²) in [6, 6.07) is 20.7. The number of aromatic nitrogens is 2. The number of hydrazine groups is 1. The molecule has 0 atom stereocenters. The Morgan fingerprint density at radius 1 is 1.03 bits per heavy atom. The maximum atomic E-state index is 13.3. The van der Waals surface area contributed by atoms with Crippen LogP contribution in [0.2, 0.25) is 5.02 Å². The van der Waals surface area contributed by atoms with E-state index in [2.05, 4.69) is 38.3 Å². The Hall–Kier alpha value is -3.72. The fourth-order valence-electron chi connectivity index (χ4n) is 4.47. The van der Waals surface area contributed by atoms with Gasteiger partial charge in [0.2, 0.25) is 0 Å². The zero-order chi connectivity index (χ0) is 27.0. The van der Waals surface area contributed by atoms with Gasteiger partial charge in [-0.05, 0) is 74.5 Å². The molecule has 9 heteroatoms. The van der Waals surface area contributed by atoms with E-state index in [-0.39, 0.29) is 14.9 Å². The molecule has 2 amide bonds. The summed E-state index contributed by atoms with van der Waals surface area (Å²) in [7, 11) is 0. The van der Waals surface area contributed by atoms with E-state index in [1.54, 1.807) is 35.0 Å². The lowest BCUT2D eigenvalue weighted by atomic mass is 9.95. The molecule has 1 aliphatic rings. The van der Waals surface area contributed by atoms with Crippen LogP contribution in [0.3, 0.4) is 0 Å². The highest BCUT2D eigenvalue weighted by Gasteiger charge is 2.34. The molecule has 0 unspecified atom stereocenters. The van der Waals surface area contributed by atoms with Gasteiger partial charge >= 0.3 is 0 Å². The van der Waals surface area contributed by atoms with E-state index in [0.29, 0.717) is 4.91 Å². The average molecular weight is 559 g/mol. The SMILES string of the molecule is Cc1cc(C)c(-c2nn(-c3ccccc3)cc2/C=C2/SC(=S)N(NC(=O)c3ccccc3Cl)C2=O)c(C)c1. The first-order valence-corrected chi connectivity index (χ1v) is 13.4. The Bertz CT molecular complexity index is 1610. The van der Waals surface area contributed by atoms with Gasteiger partial charge in [-0.1, -0.05) is 71.4 Å². The van der Waals surface area contributed by atoms with Crippen LogP contribution in [0.4, 0.5) is 0 Å². The number of hydrogen-bond acceptors (Lipinski definition) is 5. The van der Waals surface area contributed by atoms with E-state index in [0.717, 1.165) is 50.4 Å². The summed E-state index contributed by atoms with van der Waals surface area (Å²) in [5.74, 6) is -0.937. The minimum Gasteiger partial charge on any atom is -0.267 e. The average Bonchev–Trinajstić information content (AvgIpc) is 3.40. The number of carbonyl (C=O) groups excluding carboxylic acids is 2. The third-order valence-electron chi connectivity index (χ3n) is 6.09. The van der Waals surface area contributed by atoms with E-state index in [1.807, 2.05) is 36.5 Å². The molecule has 3 aromatic carbocycles. The molecule has 6 nitrogen and oxygen atoms in total. The van der Waals surface area contributed by atoms with Crippen LogP contribution in [0, 0.1) is 20.8 Å². The minimum atomic E-state index is -0.517. The number of nitrogens with one attached hydrogen (secondary N) is 1. The summed E-state index contributed by atoms with van der Waals surface area (Å²) in [4.78, 5) is 26.5. The van der Waals surface area contributed by atoms with Crippen LogP contribution in [0.25, 0.3) is 23.0 Å². The molecule has 0 spiro atoms. The number of thioether (sulfide) groups is 1. The van der Waals surface area contributed by atoms with Crippen molar-refractivity contribution in [1.82, 2.24) is 20.2 Å². The second kappa shape index (κ2) is 10.6. The van der Waals surface area contributed by atoms with Gasteiger partial charge in [-0.15, -0.1) is 0 Å². The lowest BCUT2D eigenvalue weighted by Crippen LogP contribution is -2.44. The van der Waals surface area contributed by atoms with Crippen molar-refractivity contribution < 1.29 is 9.59 Å². The predicted molar refractivity (Wildman–Crippen MR) is 157 cm³/mol. The van der Waals surface area contributed by atoms with Crippen LogP contribution in [0.1, 0.15) is 32.6 Å². The number of hydrogen-bond donors (Lipinski definition) is 1. The fourth-order valence-corrected chi connectivity index (χ4v) is 5.86. The van der Waals surface area contributed by atoms with Crippen molar-refractivity contribution >= 4 is 57.8 Å². The van der Waals surface area contributed by atoms with Crippen molar-refractivity contribution in [2.75, 3.05) is 0 Å². The van der Waals surface area contributed by atoms with Crippen LogP contribution >= 0.6 is 35.6 Å². The number of benzene rings is 3. The number of aryl methyl sites for hydroxylation is 3. The molecule has 0 aliphatic carbocycles. The molecule has 0 saturated carbocycles. The van der Waals surface area contributed by atoms with E-state index < -0.39 is 11.8 Å². The van der Waals surface area contributed by atoms with Gasteiger partial charge in [-0.25, -0.2) is 4.68 Å². The lowest BCUT2D eigenvalue weighted by Gasteiger charge is -2.16. The second-order valence-electron chi connectivity index (χ2n) is 8.92. The molecular weight excluding hydrogens is 536 g/mol. The molecule has 2 heterocycles. The standard InChI is InChI=1S/C29H23ClN4O2S2/c1-17-13-18(2)25(19(3)14-17)26-20(16-33(31-26)21-9-5-4-6-10-21)15-24-28(36)34(29(37)38-24)32-27(35)22-11-7-8-12-23(22)30/h4-16H,1-3H3,(H,32,35)/b24-15+. The summed E-state index contributed by atoms with van der Waals surface area (Å²) in [6.45, 7) is 6.18. The summed E-state index contributed by atoms with van der Waals surface area (Å²) < 4.78 is 2.03. The Morgan fingerprint density at radius 2 is 1.68 bits per heavy atom. The molecule has 1 saturated heterocycles. The Morgan fingerprint density at radius 3 is 2.37 bits per heavy atom. The summed E-state index contributed by atoms with van der Waals surface area (Å²) in [5.41, 5.74) is 9.63. The normalized spacial score (nSPS) is 14.4. The molecule has 5 rings (SSSR count). The zero-order valence-electron chi connectivity index (χ0n) is 20.9. The van der Waals surface area contributed by atoms with Gasteiger partial charge in [-0.3, -0.25) is 15.0 Å². The quantitative estimate of drug-likeness (QED) is 0.219. The van der Waals surface area contributed by atoms with Crippen LogP contribution in [-0.4, -0.2) is 30.9 Å². The third kappa shape index (κ3) is 5.03. The largest absolute Gasteiger partial charge is 0.285 e. The molecule has 0 bridgehead atoms. The molecule has 4 aromatic rings. The van der Waals surface area contributed by atoms with Crippen molar-refractivity contribution in [2.24, 2.45) is 0 Å². The van der Waals surface area contributed by atoms with E-state index >= 15 is 0 Å². The molecule has 1 aliphatic heterocycles. The zero-order valence-corrected chi connectivity index (χ0v) is 23.2. The highest BCUT2D eigenvalue weighted by Crippen LogP contribution is 2.36. The smallest absolute Gasteiger partial charge is 0.267 e. The fraction of sp³-hybridized carbons (Fsp3) is 0.103. The molecule has 1 aromatic heterocycles. The molecule has 190 valence electrons. The number of thiocarbonyl (C=S) groups is 1. The first-order valence-electron chi connectivity index (χ1n) is 11.8. The predicted octanol–water partition coefficient (Wildman–Crippen LogP) is 6.66. The highest BCUT2D eigenvalue weighted by atomic mass is 35.5. The molecule has 38 heavy (non-hydrogen) atoms. The molecular formula is C29H23ClN4O2S2. The lowest BCUT2D eigenvalue weighted by molar-refractivity contribution is -0.123. The topological polar surface area (TPSA) is 67.2 Å².